The predicted octanol–water partition coefficient (Wildman–Crippen LogP) is 2.41. The Morgan fingerprint density at radius 2 is 2.27 bits per heavy atom. The van der Waals surface area contributed by atoms with E-state index in [1.807, 2.05) is 0 Å². The molecule has 2 heterocycles. The van der Waals surface area contributed by atoms with Crippen LogP contribution in [0, 0.1) is 0 Å². The lowest BCUT2D eigenvalue weighted by molar-refractivity contribution is -0.123. The van der Waals surface area contributed by atoms with E-state index >= 15 is 0 Å². The number of aliphatic hydroxyl groups excluding tert-OH is 1. The van der Waals surface area contributed by atoms with Crippen molar-refractivity contribution in [1.29, 1.82) is 0 Å². The molecule has 8 heteroatoms. The van der Waals surface area contributed by atoms with E-state index in [4.69, 9.17) is 27.9 Å². The summed E-state index contributed by atoms with van der Waals surface area (Å²) in [6.45, 7) is 0.0737. The highest BCUT2D eigenvalue weighted by atomic mass is 35.5. The normalized spacial score (nSPS) is 18.5. The molecule has 1 aromatic heterocycles. The van der Waals surface area contributed by atoms with Gasteiger partial charge in [-0.3, -0.25) is 4.79 Å². The average molecular weight is 344 g/mol. The number of halogens is 2. The van der Waals surface area contributed by atoms with Gasteiger partial charge >= 0.3 is 0 Å². The Balaban J connectivity index is 1.86. The molecular weight excluding hydrogens is 329 g/mol. The SMILES string of the molecule is O=C1CCCC(COc2c(Cl)c(Cl)cc3[nH]c(CO)nc23)N1. The molecule has 0 aliphatic carbocycles. The summed E-state index contributed by atoms with van der Waals surface area (Å²) < 4.78 is 5.78. The number of carbonyl (C=O) groups excluding carboxylic acids is 1. The number of aliphatic hydroxyl groups is 1. The molecule has 2 aromatic rings. The molecule has 0 radical (unpaired) electrons. The highest BCUT2D eigenvalue weighted by molar-refractivity contribution is 6.44. The Morgan fingerprint density at radius 1 is 1.45 bits per heavy atom. The molecule has 1 aromatic carbocycles. The van der Waals surface area contributed by atoms with E-state index in [2.05, 4.69) is 15.3 Å². The van der Waals surface area contributed by atoms with Gasteiger partial charge in [0, 0.05) is 6.42 Å². The Kier molecular flexibility index (Phi) is 4.42. The minimum Gasteiger partial charge on any atom is -0.487 e. The fourth-order valence-electron chi connectivity index (χ4n) is 2.51. The van der Waals surface area contributed by atoms with Gasteiger partial charge in [0.25, 0.3) is 0 Å². The molecule has 3 N–H and O–H groups in total. The monoisotopic (exact) mass is 343 g/mol. The summed E-state index contributed by atoms with van der Waals surface area (Å²) >= 11 is 12.3. The summed E-state index contributed by atoms with van der Waals surface area (Å²) in [7, 11) is 0. The van der Waals surface area contributed by atoms with Crippen molar-refractivity contribution in [3.63, 3.8) is 0 Å². The van der Waals surface area contributed by atoms with Crippen LogP contribution < -0.4 is 10.1 Å². The number of hydrogen-bond acceptors (Lipinski definition) is 4. The molecule has 1 aliphatic heterocycles. The van der Waals surface area contributed by atoms with Crippen LogP contribution in [0.15, 0.2) is 6.07 Å². The number of imidazole rings is 1. The van der Waals surface area contributed by atoms with Gasteiger partial charge in [0.15, 0.2) is 5.75 Å². The van der Waals surface area contributed by atoms with Crippen molar-refractivity contribution in [2.75, 3.05) is 6.61 Å². The van der Waals surface area contributed by atoms with Crippen LogP contribution in [0.2, 0.25) is 10.0 Å². The highest BCUT2D eigenvalue weighted by Crippen LogP contribution is 2.38. The minimum absolute atomic E-state index is 0.0320. The summed E-state index contributed by atoms with van der Waals surface area (Å²) in [5.74, 6) is 0.800. The van der Waals surface area contributed by atoms with Gasteiger partial charge in [0.1, 0.15) is 29.6 Å². The van der Waals surface area contributed by atoms with Crippen LogP contribution >= 0.6 is 23.2 Å². The number of H-pyrrole nitrogens is 1. The van der Waals surface area contributed by atoms with Gasteiger partial charge in [-0.2, -0.15) is 0 Å². The fourth-order valence-corrected chi connectivity index (χ4v) is 2.91. The van der Waals surface area contributed by atoms with E-state index in [1.165, 1.54) is 0 Å². The molecule has 6 nitrogen and oxygen atoms in total. The van der Waals surface area contributed by atoms with Gasteiger partial charge in [0.2, 0.25) is 5.91 Å². The number of piperidine rings is 1. The molecule has 1 atom stereocenters. The summed E-state index contributed by atoms with van der Waals surface area (Å²) in [5, 5.41) is 12.7. The van der Waals surface area contributed by atoms with E-state index in [-0.39, 0.29) is 23.6 Å². The number of carbonyl (C=O) groups is 1. The number of amides is 1. The van der Waals surface area contributed by atoms with Crippen molar-refractivity contribution < 1.29 is 14.6 Å². The van der Waals surface area contributed by atoms with E-state index in [1.54, 1.807) is 6.07 Å². The van der Waals surface area contributed by atoms with Crippen LogP contribution in [0.25, 0.3) is 11.0 Å². The fraction of sp³-hybridized carbons (Fsp3) is 0.429. The molecule has 1 fully saturated rings. The van der Waals surface area contributed by atoms with Gasteiger partial charge in [-0.25, -0.2) is 4.98 Å². The molecule has 118 valence electrons. The largest absolute Gasteiger partial charge is 0.487 e. The molecule has 1 unspecified atom stereocenters. The first-order valence-corrected chi connectivity index (χ1v) is 7.73. The number of hydrogen-bond donors (Lipinski definition) is 3. The maximum Gasteiger partial charge on any atom is 0.220 e. The lowest BCUT2D eigenvalue weighted by Gasteiger charge is -2.23. The van der Waals surface area contributed by atoms with Crippen LogP contribution in [0.4, 0.5) is 0 Å². The van der Waals surface area contributed by atoms with Gasteiger partial charge in [-0.1, -0.05) is 23.2 Å². The molecule has 3 rings (SSSR count). The Labute approximate surface area is 136 Å². The first-order valence-electron chi connectivity index (χ1n) is 6.98. The van der Waals surface area contributed by atoms with Crippen molar-refractivity contribution in [3.8, 4) is 5.75 Å². The van der Waals surface area contributed by atoms with E-state index in [9.17, 15) is 9.90 Å². The van der Waals surface area contributed by atoms with Crippen molar-refractivity contribution in [1.82, 2.24) is 15.3 Å². The quantitative estimate of drug-likeness (QED) is 0.795. The zero-order chi connectivity index (χ0) is 15.7. The lowest BCUT2D eigenvalue weighted by atomic mass is 10.1. The second kappa shape index (κ2) is 6.32. The van der Waals surface area contributed by atoms with Gasteiger partial charge in [-0.05, 0) is 18.9 Å². The van der Waals surface area contributed by atoms with Crippen molar-refractivity contribution in [3.05, 3.63) is 21.9 Å². The third-order valence-corrected chi connectivity index (χ3v) is 4.35. The average Bonchev–Trinajstić information content (AvgIpc) is 2.90. The lowest BCUT2D eigenvalue weighted by Crippen LogP contribution is -2.42. The zero-order valence-electron chi connectivity index (χ0n) is 11.7. The maximum atomic E-state index is 11.4. The molecule has 1 amide bonds. The third-order valence-electron chi connectivity index (χ3n) is 3.58. The molecule has 0 saturated carbocycles. The minimum atomic E-state index is -0.220. The van der Waals surface area contributed by atoms with E-state index in [0.717, 1.165) is 12.8 Å². The van der Waals surface area contributed by atoms with Gasteiger partial charge in [-0.15, -0.1) is 0 Å². The smallest absolute Gasteiger partial charge is 0.220 e. The summed E-state index contributed by atoms with van der Waals surface area (Å²) in [5.41, 5.74) is 1.15. The van der Waals surface area contributed by atoms with Crippen molar-refractivity contribution in [2.24, 2.45) is 0 Å². The van der Waals surface area contributed by atoms with Crippen molar-refractivity contribution >= 4 is 40.1 Å². The molecule has 0 spiro atoms. The van der Waals surface area contributed by atoms with Crippen LogP contribution in [0.1, 0.15) is 25.1 Å². The van der Waals surface area contributed by atoms with E-state index < -0.39 is 0 Å². The second-order valence-electron chi connectivity index (χ2n) is 5.21. The summed E-state index contributed by atoms with van der Waals surface area (Å²) in [6.07, 6.45) is 2.25. The summed E-state index contributed by atoms with van der Waals surface area (Å²) in [4.78, 5) is 18.6. The topological polar surface area (TPSA) is 87.2 Å². The number of rotatable bonds is 4. The first-order chi connectivity index (χ1) is 10.6. The van der Waals surface area contributed by atoms with Crippen LogP contribution in [0.5, 0.6) is 5.75 Å². The molecule has 1 saturated heterocycles. The Bertz CT molecular complexity index is 717. The third kappa shape index (κ3) is 2.99. The number of fused-ring (bicyclic) bond motifs is 1. The summed E-state index contributed by atoms with van der Waals surface area (Å²) in [6, 6.07) is 1.59. The molecule has 0 bridgehead atoms. The Hall–Kier alpha value is -1.50. The number of benzene rings is 1. The van der Waals surface area contributed by atoms with Crippen LogP contribution in [-0.2, 0) is 11.4 Å². The highest BCUT2D eigenvalue weighted by Gasteiger charge is 2.21. The number of aromatic nitrogens is 2. The molecule has 1 aliphatic rings. The van der Waals surface area contributed by atoms with Gasteiger partial charge < -0.3 is 20.1 Å². The number of nitrogens with zero attached hydrogens (tertiary/aromatic N) is 1. The van der Waals surface area contributed by atoms with E-state index in [0.29, 0.717) is 40.7 Å². The standard InChI is InChI=1S/C14H15Cl2N3O3/c15-8-4-9-13(19-10(5-20)18-9)14(12(8)16)22-6-7-2-1-3-11(21)17-7/h4,7,20H,1-3,5-6H2,(H,17,21)(H,18,19). The Morgan fingerprint density at radius 3 is 3.00 bits per heavy atom. The predicted molar refractivity (Wildman–Crippen MR) is 83.3 cm³/mol. The number of ether oxygens (including phenoxy) is 1. The second-order valence-corrected chi connectivity index (χ2v) is 5.99. The van der Waals surface area contributed by atoms with Crippen molar-refractivity contribution in [2.45, 2.75) is 31.9 Å². The molecule has 22 heavy (non-hydrogen) atoms. The van der Waals surface area contributed by atoms with Crippen LogP contribution in [-0.4, -0.2) is 33.6 Å². The number of aromatic amines is 1. The van der Waals surface area contributed by atoms with Crippen LogP contribution in [0.3, 0.4) is 0 Å². The van der Waals surface area contributed by atoms with Gasteiger partial charge in [0.05, 0.1) is 16.6 Å². The first kappa shape index (κ1) is 15.4. The number of nitrogens with one attached hydrogen (secondary N) is 2. The maximum absolute atomic E-state index is 11.4. The zero-order valence-corrected chi connectivity index (χ0v) is 13.2. The molecular formula is C14H15Cl2N3O3.